The number of hydrogen-bond donors (Lipinski definition) is 2. The number of amides is 1. The quantitative estimate of drug-likeness (QED) is 0.708. The predicted octanol–water partition coefficient (Wildman–Crippen LogP) is 1.64. The number of rotatable bonds is 7. The zero-order chi connectivity index (χ0) is 12.5. The molecule has 0 atom stereocenters. The van der Waals surface area contributed by atoms with E-state index >= 15 is 0 Å². The topological polar surface area (TPSA) is 50.4 Å². The first-order chi connectivity index (χ1) is 8.18. The highest BCUT2D eigenvalue weighted by Gasteiger charge is 2.00. The summed E-state index contributed by atoms with van der Waals surface area (Å²) in [6.45, 7) is 5.58. The van der Waals surface area contributed by atoms with Crippen LogP contribution in [0.5, 0.6) is 0 Å². The second-order valence-corrected chi connectivity index (χ2v) is 4.01. The van der Waals surface area contributed by atoms with E-state index < -0.39 is 0 Å². The lowest BCUT2D eigenvalue weighted by Crippen LogP contribution is -2.30. The van der Waals surface area contributed by atoms with Crippen molar-refractivity contribution < 1.29 is 9.53 Å². The molecule has 4 nitrogen and oxygen atoms in total. The van der Waals surface area contributed by atoms with Gasteiger partial charge in [0.1, 0.15) is 0 Å². The Bertz CT molecular complexity index is 325. The Morgan fingerprint density at radius 2 is 2.00 bits per heavy atom. The van der Waals surface area contributed by atoms with E-state index in [0.29, 0.717) is 19.7 Å². The predicted molar refractivity (Wildman–Crippen MR) is 69.0 cm³/mol. The molecular formula is C13H20N2O2. The second kappa shape index (κ2) is 7.81. The van der Waals surface area contributed by atoms with E-state index in [9.17, 15) is 4.79 Å². The molecule has 0 spiro atoms. The summed E-state index contributed by atoms with van der Waals surface area (Å²) in [5.41, 5.74) is 0.817. The number of nitrogens with one attached hydrogen (secondary N) is 2. The minimum Gasteiger partial charge on any atom is -0.377 e. The summed E-state index contributed by atoms with van der Waals surface area (Å²) in [7, 11) is 0. The number of carbonyl (C=O) groups excluding carboxylic acids is 1. The minimum absolute atomic E-state index is 0.0410. The Hall–Kier alpha value is -1.39. The van der Waals surface area contributed by atoms with Gasteiger partial charge in [0, 0.05) is 12.2 Å². The van der Waals surface area contributed by atoms with Crippen LogP contribution in [0.15, 0.2) is 30.3 Å². The van der Waals surface area contributed by atoms with Gasteiger partial charge in [-0.25, -0.2) is 0 Å². The average Bonchev–Trinajstić information content (AvgIpc) is 2.29. The first-order valence-corrected chi connectivity index (χ1v) is 5.85. The molecular weight excluding hydrogens is 216 g/mol. The summed E-state index contributed by atoms with van der Waals surface area (Å²) in [5.74, 6) is -0.0410. The zero-order valence-electron chi connectivity index (χ0n) is 10.4. The van der Waals surface area contributed by atoms with Crippen molar-refractivity contribution in [3.63, 3.8) is 0 Å². The van der Waals surface area contributed by atoms with E-state index in [4.69, 9.17) is 4.74 Å². The van der Waals surface area contributed by atoms with Gasteiger partial charge in [-0.05, 0) is 26.0 Å². The van der Waals surface area contributed by atoms with Crippen LogP contribution in [0.3, 0.4) is 0 Å². The van der Waals surface area contributed by atoms with Crippen LogP contribution in [-0.4, -0.2) is 31.7 Å². The molecule has 0 saturated carbocycles. The molecule has 4 heteroatoms. The fourth-order valence-corrected chi connectivity index (χ4v) is 1.30. The van der Waals surface area contributed by atoms with Crippen LogP contribution in [0.4, 0.5) is 5.69 Å². The summed E-state index contributed by atoms with van der Waals surface area (Å²) in [6, 6.07) is 9.41. The molecule has 0 aliphatic carbocycles. The fourth-order valence-electron chi connectivity index (χ4n) is 1.30. The lowest BCUT2D eigenvalue weighted by molar-refractivity contribution is -0.115. The Balaban J connectivity index is 2.10. The van der Waals surface area contributed by atoms with Gasteiger partial charge in [0.05, 0.1) is 19.3 Å². The molecule has 17 heavy (non-hydrogen) atoms. The van der Waals surface area contributed by atoms with Gasteiger partial charge < -0.3 is 15.4 Å². The van der Waals surface area contributed by atoms with Crippen LogP contribution in [0, 0.1) is 0 Å². The van der Waals surface area contributed by atoms with Crippen molar-refractivity contribution in [1.82, 2.24) is 5.32 Å². The number of para-hydroxylation sites is 1. The molecule has 2 N–H and O–H groups in total. The number of hydrogen-bond acceptors (Lipinski definition) is 3. The molecule has 94 valence electrons. The maximum Gasteiger partial charge on any atom is 0.238 e. The van der Waals surface area contributed by atoms with Crippen LogP contribution in [0.1, 0.15) is 13.8 Å². The van der Waals surface area contributed by atoms with Crippen molar-refractivity contribution in [2.75, 3.05) is 25.0 Å². The van der Waals surface area contributed by atoms with Crippen molar-refractivity contribution in [3.05, 3.63) is 30.3 Å². The summed E-state index contributed by atoms with van der Waals surface area (Å²) >= 11 is 0. The highest BCUT2D eigenvalue weighted by atomic mass is 16.5. The molecule has 0 heterocycles. The molecule has 0 aliphatic rings. The van der Waals surface area contributed by atoms with E-state index in [0.717, 1.165) is 5.69 Å². The molecule has 1 amide bonds. The Morgan fingerprint density at radius 3 is 2.65 bits per heavy atom. The highest BCUT2D eigenvalue weighted by molar-refractivity contribution is 5.92. The normalized spacial score (nSPS) is 10.5. The van der Waals surface area contributed by atoms with E-state index in [2.05, 4.69) is 10.6 Å². The molecule has 0 radical (unpaired) electrons. The molecule has 0 unspecified atom stereocenters. The van der Waals surface area contributed by atoms with Crippen molar-refractivity contribution in [2.45, 2.75) is 20.0 Å². The van der Waals surface area contributed by atoms with E-state index in [1.54, 1.807) is 0 Å². The highest BCUT2D eigenvalue weighted by Crippen LogP contribution is 2.03. The van der Waals surface area contributed by atoms with Gasteiger partial charge >= 0.3 is 0 Å². The first-order valence-electron chi connectivity index (χ1n) is 5.85. The monoisotopic (exact) mass is 236 g/mol. The van der Waals surface area contributed by atoms with Gasteiger partial charge in [-0.15, -0.1) is 0 Å². The fraction of sp³-hybridized carbons (Fsp3) is 0.462. The number of ether oxygens (including phenoxy) is 1. The second-order valence-electron chi connectivity index (χ2n) is 4.01. The zero-order valence-corrected chi connectivity index (χ0v) is 10.4. The van der Waals surface area contributed by atoms with Crippen LogP contribution >= 0.6 is 0 Å². The standard InChI is InChI=1S/C13H20N2O2/c1-11(2)17-9-8-14-10-13(16)15-12-6-4-3-5-7-12/h3-7,11,14H,8-10H2,1-2H3,(H,15,16). The van der Waals surface area contributed by atoms with E-state index in [-0.39, 0.29) is 12.0 Å². The smallest absolute Gasteiger partial charge is 0.238 e. The Labute approximate surface area is 102 Å². The third-order valence-electron chi connectivity index (χ3n) is 2.07. The maximum atomic E-state index is 11.5. The van der Waals surface area contributed by atoms with Gasteiger partial charge in [0.15, 0.2) is 0 Å². The van der Waals surface area contributed by atoms with Gasteiger partial charge in [-0.3, -0.25) is 4.79 Å². The minimum atomic E-state index is -0.0410. The van der Waals surface area contributed by atoms with Crippen LogP contribution < -0.4 is 10.6 Å². The van der Waals surface area contributed by atoms with Crippen LogP contribution in [0.25, 0.3) is 0 Å². The number of carbonyl (C=O) groups is 1. The number of anilines is 1. The molecule has 1 rings (SSSR count). The molecule has 1 aromatic rings. The van der Waals surface area contributed by atoms with Gasteiger partial charge in [0.25, 0.3) is 0 Å². The average molecular weight is 236 g/mol. The molecule has 0 aliphatic heterocycles. The molecule has 0 fully saturated rings. The van der Waals surface area contributed by atoms with E-state index in [1.165, 1.54) is 0 Å². The van der Waals surface area contributed by atoms with Gasteiger partial charge in [-0.1, -0.05) is 18.2 Å². The van der Waals surface area contributed by atoms with Crippen molar-refractivity contribution in [3.8, 4) is 0 Å². The van der Waals surface area contributed by atoms with Crippen molar-refractivity contribution in [2.24, 2.45) is 0 Å². The lowest BCUT2D eigenvalue weighted by atomic mass is 10.3. The van der Waals surface area contributed by atoms with Gasteiger partial charge in [-0.2, -0.15) is 0 Å². The van der Waals surface area contributed by atoms with Crippen LogP contribution in [-0.2, 0) is 9.53 Å². The number of benzene rings is 1. The van der Waals surface area contributed by atoms with Gasteiger partial charge in [0.2, 0.25) is 5.91 Å². The summed E-state index contributed by atoms with van der Waals surface area (Å²) in [5, 5.41) is 5.82. The SMILES string of the molecule is CC(C)OCCNCC(=O)Nc1ccccc1. The Morgan fingerprint density at radius 1 is 1.29 bits per heavy atom. The Kier molecular flexibility index (Phi) is 6.29. The van der Waals surface area contributed by atoms with E-state index in [1.807, 2.05) is 44.2 Å². The summed E-state index contributed by atoms with van der Waals surface area (Å²) in [4.78, 5) is 11.5. The lowest BCUT2D eigenvalue weighted by Gasteiger charge is -2.08. The summed E-state index contributed by atoms with van der Waals surface area (Å²) in [6.07, 6.45) is 0.231. The maximum absolute atomic E-state index is 11.5. The van der Waals surface area contributed by atoms with Crippen LogP contribution in [0.2, 0.25) is 0 Å². The molecule has 0 aromatic heterocycles. The molecule has 1 aromatic carbocycles. The first kappa shape index (κ1) is 13.7. The van der Waals surface area contributed by atoms with Crippen molar-refractivity contribution in [1.29, 1.82) is 0 Å². The third kappa shape index (κ3) is 6.71. The molecule has 0 bridgehead atoms. The summed E-state index contributed by atoms with van der Waals surface area (Å²) < 4.78 is 5.35. The van der Waals surface area contributed by atoms with Crippen molar-refractivity contribution >= 4 is 11.6 Å². The largest absolute Gasteiger partial charge is 0.377 e. The third-order valence-corrected chi connectivity index (χ3v) is 2.07. The molecule has 0 saturated heterocycles.